The summed E-state index contributed by atoms with van der Waals surface area (Å²) in [6.45, 7) is 9.41. The summed E-state index contributed by atoms with van der Waals surface area (Å²) in [7, 11) is 0. The Morgan fingerprint density at radius 2 is 1.65 bits per heavy atom. The van der Waals surface area contributed by atoms with E-state index in [9.17, 15) is 19.2 Å². The Hall–Kier alpha value is -4.34. The van der Waals surface area contributed by atoms with Crippen LogP contribution in [0.3, 0.4) is 0 Å². The molecule has 0 fully saturated rings. The van der Waals surface area contributed by atoms with Crippen molar-refractivity contribution in [2.24, 2.45) is 0 Å². The number of Topliss-reactive ketones (excluding diaryl/α,β-unsaturated/α-hetero) is 1. The zero-order valence-corrected chi connectivity index (χ0v) is 23.6. The Morgan fingerprint density at radius 1 is 0.975 bits per heavy atom. The first-order valence-electron chi connectivity index (χ1n) is 13.4. The Morgan fingerprint density at radius 3 is 2.27 bits per heavy atom. The quantitative estimate of drug-likeness (QED) is 0.459. The molecule has 1 N–H and O–H groups in total. The van der Waals surface area contributed by atoms with Gasteiger partial charge in [0.05, 0.1) is 30.6 Å². The summed E-state index contributed by atoms with van der Waals surface area (Å²) in [5, 5.41) is 2.69. The van der Waals surface area contributed by atoms with Gasteiger partial charge in [-0.15, -0.1) is 0 Å². The van der Waals surface area contributed by atoms with E-state index in [-0.39, 0.29) is 50.2 Å². The number of ether oxygens (including phenoxy) is 2. The SMILES string of the molecule is CC(C)Oc1ccc(-n2c(C(=O)NCC(=O)Cc3ccccc3)c3n(c2=O)CCN(C(=O)OC(C)(C)C)C3)cc1. The van der Waals surface area contributed by atoms with E-state index in [2.05, 4.69) is 5.32 Å². The van der Waals surface area contributed by atoms with Crippen LogP contribution in [0.25, 0.3) is 5.69 Å². The zero-order valence-electron chi connectivity index (χ0n) is 23.6. The number of nitrogens with zero attached hydrogens (tertiary/aromatic N) is 3. The molecule has 2 heterocycles. The van der Waals surface area contributed by atoms with Crippen LogP contribution in [0.1, 0.15) is 56.4 Å². The molecule has 0 bridgehead atoms. The Labute approximate surface area is 233 Å². The number of rotatable bonds is 8. The summed E-state index contributed by atoms with van der Waals surface area (Å²) in [6, 6.07) is 16.1. The van der Waals surface area contributed by atoms with E-state index in [4.69, 9.17) is 9.47 Å². The van der Waals surface area contributed by atoms with Gasteiger partial charge in [-0.2, -0.15) is 0 Å². The van der Waals surface area contributed by atoms with Gasteiger partial charge in [0.1, 0.15) is 17.0 Å². The lowest BCUT2D eigenvalue weighted by molar-refractivity contribution is -0.117. The number of fused-ring (bicyclic) bond motifs is 1. The molecular formula is C30H36N4O6. The summed E-state index contributed by atoms with van der Waals surface area (Å²) < 4.78 is 14.1. The van der Waals surface area contributed by atoms with Crippen LogP contribution in [0.2, 0.25) is 0 Å². The first-order valence-corrected chi connectivity index (χ1v) is 13.4. The number of carbonyl (C=O) groups is 3. The van der Waals surface area contributed by atoms with Crippen LogP contribution >= 0.6 is 0 Å². The molecule has 40 heavy (non-hydrogen) atoms. The van der Waals surface area contributed by atoms with Crippen molar-refractivity contribution in [2.75, 3.05) is 13.1 Å². The van der Waals surface area contributed by atoms with Gasteiger partial charge < -0.3 is 19.7 Å². The van der Waals surface area contributed by atoms with Gasteiger partial charge in [-0.1, -0.05) is 30.3 Å². The van der Waals surface area contributed by atoms with Crippen LogP contribution in [0, 0.1) is 0 Å². The highest BCUT2D eigenvalue weighted by Gasteiger charge is 2.33. The number of ketones is 1. The molecule has 0 saturated heterocycles. The van der Waals surface area contributed by atoms with E-state index in [1.807, 2.05) is 44.2 Å². The average Bonchev–Trinajstić information content (AvgIpc) is 3.18. The Bertz CT molecular complexity index is 1430. The Balaban J connectivity index is 1.66. The van der Waals surface area contributed by atoms with Crippen molar-refractivity contribution in [1.29, 1.82) is 0 Å². The molecule has 3 aromatic rings. The molecule has 4 rings (SSSR count). The molecule has 0 unspecified atom stereocenters. The van der Waals surface area contributed by atoms with Crippen LogP contribution in [0.4, 0.5) is 4.79 Å². The predicted molar refractivity (Wildman–Crippen MR) is 150 cm³/mol. The molecule has 1 aromatic heterocycles. The van der Waals surface area contributed by atoms with Crippen molar-refractivity contribution in [3.8, 4) is 11.4 Å². The number of amides is 2. The van der Waals surface area contributed by atoms with Crippen molar-refractivity contribution in [3.63, 3.8) is 0 Å². The normalized spacial score (nSPS) is 13.1. The van der Waals surface area contributed by atoms with Gasteiger partial charge in [0.15, 0.2) is 5.78 Å². The van der Waals surface area contributed by atoms with Crippen molar-refractivity contribution in [3.05, 3.63) is 82.0 Å². The fourth-order valence-corrected chi connectivity index (χ4v) is 4.51. The molecule has 0 saturated carbocycles. The third kappa shape index (κ3) is 6.80. The molecule has 0 atom stereocenters. The number of hydrogen-bond donors (Lipinski definition) is 1. The van der Waals surface area contributed by atoms with Gasteiger partial charge in [-0.05, 0) is 64.4 Å². The van der Waals surface area contributed by atoms with Gasteiger partial charge in [0.2, 0.25) is 0 Å². The van der Waals surface area contributed by atoms with E-state index in [1.165, 1.54) is 14.0 Å². The number of benzene rings is 2. The highest BCUT2D eigenvalue weighted by atomic mass is 16.6. The highest BCUT2D eigenvalue weighted by Crippen LogP contribution is 2.23. The average molecular weight is 549 g/mol. The second-order valence-electron chi connectivity index (χ2n) is 11.0. The third-order valence-electron chi connectivity index (χ3n) is 6.20. The smallest absolute Gasteiger partial charge is 0.410 e. The molecule has 10 nitrogen and oxygen atoms in total. The molecule has 212 valence electrons. The van der Waals surface area contributed by atoms with Gasteiger partial charge in [0, 0.05) is 19.5 Å². The summed E-state index contributed by atoms with van der Waals surface area (Å²) in [5.74, 6) is -0.128. The van der Waals surface area contributed by atoms with Crippen LogP contribution < -0.4 is 15.7 Å². The van der Waals surface area contributed by atoms with Crippen molar-refractivity contribution < 1.29 is 23.9 Å². The molecule has 2 amide bonds. The lowest BCUT2D eigenvalue weighted by Crippen LogP contribution is -2.43. The maximum atomic E-state index is 13.6. The predicted octanol–water partition coefficient (Wildman–Crippen LogP) is 3.72. The molecular weight excluding hydrogens is 512 g/mol. The number of carbonyl (C=O) groups excluding carboxylic acids is 3. The summed E-state index contributed by atoms with van der Waals surface area (Å²) in [5.41, 5.74) is 0.654. The third-order valence-corrected chi connectivity index (χ3v) is 6.20. The number of hydrogen-bond acceptors (Lipinski definition) is 6. The van der Waals surface area contributed by atoms with Gasteiger partial charge in [-0.3, -0.25) is 18.7 Å². The van der Waals surface area contributed by atoms with Crippen molar-refractivity contribution >= 4 is 17.8 Å². The standard InChI is InChI=1S/C30H36N4O6/c1-20(2)39-24-13-11-22(12-14-24)34-26(27(36)31-18-23(35)17-21-9-7-6-8-10-21)25-19-32(15-16-33(25)28(34)37)29(38)40-30(3,4)5/h6-14,20H,15-19H2,1-5H3,(H,31,36). The van der Waals surface area contributed by atoms with Gasteiger partial charge in [0.25, 0.3) is 5.91 Å². The van der Waals surface area contributed by atoms with E-state index in [1.54, 1.807) is 45.0 Å². The largest absolute Gasteiger partial charge is 0.491 e. The van der Waals surface area contributed by atoms with Crippen LogP contribution in [-0.2, 0) is 29.0 Å². The van der Waals surface area contributed by atoms with E-state index in [0.717, 1.165) is 5.56 Å². The first-order chi connectivity index (χ1) is 18.9. The maximum Gasteiger partial charge on any atom is 0.410 e. The van der Waals surface area contributed by atoms with Crippen LogP contribution in [-0.4, -0.2) is 56.6 Å². The molecule has 1 aliphatic rings. The van der Waals surface area contributed by atoms with Gasteiger partial charge >= 0.3 is 11.8 Å². The summed E-state index contributed by atoms with van der Waals surface area (Å²) in [4.78, 5) is 54.1. The monoisotopic (exact) mass is 548 g/mol. The lowest BCUT2D eigenvalue weighted by Gasteiger charge is -2.30. The first kappa shape index (κ1) is 28.7. The topological polar surface area (TPSA) is 112 Å². The van der Waals surface area contributed by atoms with E-state index in [0.29, 0.717) is 17.1 Å². The van der Waals surface area contributed by atoms with Crippen molar-refractivity contribution in [2.45, 2.75) is 65.8 Å². The molecule has 0 radical (unpaired) electrons. The van der Waals surface area contributed by atoms with Crippen LogP contribution in [0.15, 0.2) is 59.4 Å². The molecule has 0 spiro atoms. The summed E-state index contributed by atoms with van der Waals surface area (Å²) >= 11 is 0. The number of imidazole rings is 1. The van der Waals surface area contributed by atoms with Crippen molar-refractivity contribution in [1.82, 2.24) is 19.4 Å². The zero-order chi connectivity index (χ0) is 29.0. The fraction of sp³-hybridized carbons (Fsp3) is 0.400. The minimum atomic E-state index is -0.695. The molecule has 10 heteroatoms. The molecule has 0 aliphatic carbocycles. The van der Waals surface area contributed by atoms with E-state index >= 15 is 0 Å². The fourth-order valence-electron chi connectivity index (χ4n) is 4.51. The minimum Gasteiger partial charge on any atom is -0.491 e. The second kappa shape index (κ2) is 11.8. The molecule has 1 aliphatic heterocycles. The number of nitrogens with one attached hydrogen (secondary N) is 1. The number of aromatic nitrogens is 2. The van der Waals surface area contributed by atoms with E-state index < -0.39 is 23.3 Å². The van der Waals surface area contributed by atoms with Gasteiger partial charge in [-0.25, -0.2) is 9.59 Å². The molecule has 2 aromatic carbocycles. The lowest BCUT2D eigenvalue weighted by atomic mass is 10.1. The highest BCUT2D eigenvalue weighted by molar-refractivity contribution is 5.97. The summed E-state index contributed by atoms with van der Waals surface area (Å²) in [6.07, 6.45) is -0.381. The minimum absolute atomic E-state index is 0.00636. The maximum absolute atomic E-state index is 13.6. The Kier molecular flexibility index (Phi) is 8.46. The van der Waals surface area contributed by atoms with Crippen LogP contribution in [0.5, 0.6) is 5.75 Å². The second-order valence-corrected chi connectivity index (χ2v) is 11.0.